The van der Waals surface area contributed by atoms with Crippen molar-refractivity contribution >= 4 is 11.8 Å². The van der Waals surface area contributed by atoms with Gasteiger partial charge < -0.3 is 15.8 Å². The van der Waals surface area contributed by atoms with Gasteiger partial charge in [-0.3, -0.25) is 14.8 Å². The predicted octanol–water partition coefficient (Wildman–Crippen LogP) is 1.46. The number of hydrogen-bond acceptors (Lipinski definition) is 5. The second-order valence-corrected chi connectivity index (χ2v) is 6.20. The molecule has 0 aliphatic carbocycles. The average molecular weight is 381 g/mol. The summed E-state index contributed by atoms with van der Waals surface area (Å²) in [6, 6.07) is 14.8. The van der Waals surface area contributed by atoms with Gasteiger partial charge in [-0.05, 0) is 49.7 Å². The summed E-state index contributed by atoms with van der Waals surface area (Å²) in [5.74, 6) is 5.45. The van der Waals surface area contributed by atoms with E-state index in [1.807, 2.05) is 30.3 Å². The minimum atomic E-state index is -0.924. The molecule has 0 saturated heterocycles. The zero-order valence-corrected chi connectivity index (χ0v) is 15.5. The molecule has 0 saturated carbocycles. The first-order valence-corrected chi connectivity index (χ1v) is 8.76. The molecule has 2 amide bonds. The second kappa shape index (κ2) is 10.7. The molecular formula is C21H23N3O4. The summed E-state index contributed by atoms with van der Waals surface area (Å²) in [4.78, 5) is 24.0. The third-order valence-corrected chi connectivity index (χ3v) is 3.77. The highest BCUT2D eigenvalue weighted by Gasteiger charge is 2.22. The fraction of sp³-hybridized carbons (Fsp3) is 0.238. The van der Waals surface area contributed by atoms with Crippen LogP contribution in [0.15, 0.2) is 54.6 Å². The molecule has 2 aromatic carbocycles. The van der Waals surface area contributed by atoms with Crippen LogP contribution in [0.2, 0.25) is 0 Å². The van der Waals surface area contributed by atoms with E-state index >= 15 is 0 Å². The maximum Gasteiger partial charge on any atom is 0.265 e. The van der Waals surface area contributed by atoms with Gasteiger partial charge in [-0.25, -0.2) is 5.48 Å². The summed E-state index contributed by atoms with van der Waals surface area (Å²) in [6.45, 7) is 1.96. The SMILES string of the molecule is CC(N)CC(NC(=O)c1ccc(C#CCOc2ccccc2)cc1)C(=O)NO. The molecule has 0 bridgehead atoms. The topological polar surface area (TPSA) is 114 Å². The predicted molar refractivity (Wildman–Crippen MR) is 105 cm³/mol. The van der Waals surface area contributed by atoms with Gasteiger partial charge in [0.1, 0.15) is 18.4 Å². The molecule has 0 aliphatic rings. The normalized spacial score (nSPS) is 12.1. The Morgan fingerprint density at radius 3 is 2.43 bits per heavy atom. The Morgan fingerprint density at radius 2 is 1.82 bits per heavy atom. The number of nitrogens with one attached hydrogen (secondary N) is 2. The van der Waals surface area contributed by atoms with E-state index in [-0.39, 0.29) is 19.1 Å². The Hall–Kier alpha value is -3.34. The fourth-order valence-electron chi connectivity index (χ4n) is 2.40. The minimum Gasteiger partial charge on any atom is -0.481 e. The van der Waals surface area contributed by atoms with Gasteiger partial charge in [0.25, 0.3) is 11.8 Å². The van der Waals surface area contributed by atoms with Crippen molar-refractivity contribution in [1.82, 2.24) is 10.8 Å². The van der Waals surface area contributed by atoms with Gasteiger partial charge in [-0.15, -0.1) is 0 Å². The number of amides is 2. The van der Waals surface area contributed by atoms with Crippen LogP contribution >= 0.6 is 0 Å². The van der Waals surface area contributed by atoms with E-state index in [4.69, 9.17) is 15.7 Å². The number of carbonyl (C=O) groups excluding carboxylic acids is 2. The van der Waals surface area contributed by atoms with Crippen LogP contribution in [-0.4, -0.2) is 35.7 Å². The van der Waals surface area contributed by atoms with Crippen LogP contribution in [0.25, 0.3) is 0 Å². The molecule has 0 radical (unpaired) electrons. The van der Waals surface area contributed by atoms with Crippen LogP contribution in [0.5, 0.6) is 5.75 Å². The molecule has 0 fully saturated rings. The lowest BCUT2D eigenvalue weighted by molar-refractivity contribution is -0.131. The lowest BCUT2D eigenvalue weighted by atomic mass is 10.1. The Morgan fingerprint density at radius 1 is 1.14 bits per heavy atom. The highest BCUT2D eigenvalue weighted by Crippen LogP contribution is 2.08. The maximum absolute atomic E-state index is 12.3. The number of carbonyl (C=O) groups is 2. The van der Waals surface area contributed by atoms with Crippen molar-refractivity contribution in [3.05, 3.63) is 65.7 Å². The lowest BCUT2D eigenvalue weighted by Crippen LogP contribution is -2.48. The molecule has 2 unspecified atom stereocenters. The van der Waals surface area contributed by atoms with Crippen molar-refractivity contribution < 1.29 is 19.5 Å². The van der Waals surface area contributed by atoms with Crippen molar-refractivity contribution in [3.63, 3.8) is 0 Å². The summed E-state index contributed by atoms with van der Waals surface area (Å²) >= 11 is 0. The zero-order chi connectivity index (χ0) is 20.4. The van der Waals surface area contributed by atoms with Gasteiger partial charge in [0.05, 0.1) is 0 Å². The van der Waals surface area contributed by atoms with Crippen molar-refractivity contribution in [2.75, 3.05) is 6.61 Å². The van der Waals surface area contributed by atoms with E-state index < -0.39 is 17.9 Å². The molecule has 2 aromatic rings. The second-order valence-electron chi connectivity index (χ2n) is 6.20. The number of rotatable bonds is 7. The molecule has 0 heterocycles. The summed E-state index contributed by atoms with van der Waals surface area (Å²) in [6.07, 6.45) is 0.198. The lowest BCUT2D eigenvalue weighted by Gasteiger charge is -2.18. The van der Waals surface area contributed by atoms with E-state index in [0.717, 1.165) is 11.3 Å². The summed E-state index contributed by atoms with van der Waals surface area (Å²) in [5.41, 5.74) is 8.31. The summed E-state index contributed by atoms with van der Waals surface area (Å²) in [5, 5.41) is 11.4. The van der Waals surface area contributed by atoms with Crippen LogP contribution in [0.3, 0.4) is 0 Å². The number of para-hydroxylation sites is 1. The Bertz CT molecular complexity index is 839. The Labute approximate surface area is 163 Å². The van der Waals surface area contributed by atoms with Gasteiger partial charge in [-0.2, -0.15) is 0 Å². The standard InChI is InChI=1S/C21H23N3O4/c1-15(22)14-19(21(26)24-27)23-20(25)17-11-9-16(10-12-17)6-5-13-28-18-7-3-2-4-8-18/h2-4,7-12,15,19,27H,13-14,22H2,1H3,(H,23,25)(H,24,26). The first-order chi connectivity index (χ1) is 13.5. The molecule has 0 aliphatic heterocycles. The molecule has 146 valence electrons. The molecule has 7 heteroatoms. The van der Waals surface area contributed by atoms with Crippen LogP contribution < -0.4 is 21.3 Å². The number of hydrogen-bond donors (Lipinski definition) is 4. The number of hydroxylamine groups is 1. The van der Waals surface area contributed by atoms with E-state index in [0.29, 0.717) is 5.56 Å². The quantitative estimate of drug-likeness (QED) is 0.329. The molecule has 0 aromatic heterocycles. The van der Waals surface area contributed by atoms with Crippen molar-refractivity contribution in [3.8, 4) is 17.6 Å². The van der Waals surface area contributed by atoms with Gasteiger partial charge in [0.2, 0.25) is 0 Å². The van der Waals surface area contributed by atoms with Crippen LogP contribution in [-0.2, 0) is 4.79 Å². The van der Waals surface area contributed by atoms with Crippen LogP contribution in [0.4, 0.5) is 0 Å². The third-order valence-electron chi connectivity index (χ3n) is 3.77. The first-order valence-electron chi connectivity index (χ1n) is 8.76. The molecule has 7 nitrogen and oxygen atoms in total. The highest BCUT2D eigenvalue weighted by molar-refractivity contribution is 5.97. The summed E-state index contributed by atoms with van der Waals surface area (Å²) < 4.78 is 5.49. The molecule has 5 N–H and O–H groups in total. The fourth-order valence-corrected chi connectivity index (χ4v) is 2.40. The molecule has 28 heavy (non-hydrogen) atoms. The van der Waals surface area contributed by atoms with E-state index in [1.165, 1.54) is 5.48 Å². The van der Waals surface area contributed by atoms with Gasteiger partial charge in [0, 0.05) is 17.2 Å². The van der Waals surface area contributed by atoms with Crippen LogP contribution in [0, 0.1) is 11.8 Å². The van der Waals surface area contributed by atoms with Crippen molar-refractivity contribution in [2.24, 2.45) is 5.73 Å². The molecule has 2 atom stereocenters. The van der Waals surface area contributed by atoms with E-state index in [2.05, 4.69) is 17.2 Å². The zero-order valence-electron chi connectivity index (χ0n) is 15.5. The monoisotopic (exact) mass is 381 g/mol. The van der Waals surface area contributed by atoms with E-state index in [9.17, 15) is 9.59 Å². The minimum absolute atomic E-state index is 0.198. The Kier molecular flexibility index (Phi) is 8.03. The number of benzene rings is 2. The first kappa shape index (κ1) is 21.0. The van der Waals surface area contributed by atoms with Gasteiger partial charge in [-0.1, -0.05) is 30.0 Å². The van der Waals surface area contributed by atoms with Gasteiger partial charge in [0.15, 0.2) is 0 Å². The number of ether oxygens (including phenoxy) is 1. The Balaban J connectivity index is 1.93. The number of nitrogens with two attached hydrogens (primary N) is 1. The van der Waals surface area contributed by atoms with Gasteiger partial charge >= 0.3 is 0 Å². The molecule has 0 spiro atoms. The third kappa shape index (κ3) is 6.76. The van der Waals surface area contributed by atoms with Crippen molar-refractivity contribution in [2.45, 2.75) is 25.4 Å². The molecular weight excluding hydrogens is 358 g/mol. The maximum atomic E-state index is 12.3. The average Bonchev–Trinajstić information content (AvgIpc) is 2.71. The smallest absolute Gasteiger partial charge is 0.265 e. The van der Waals surface area contributed by atoms with Crippen molar-refractivity contribution in [1.29, 1.82) is 0 Å². The highest BCUT2D eigenvalue weighted by atomic mass is 16.5. The summed E-state index contributed by atoms with van der Waals surface area (Å²) in [7, 11) is 0. The molecule has 2 rings (SSSR count). The van der Waals surface area contributed by atoms with Crippen LogP contribution in [0.1, 0.15) is 29.3 Å². The van der Waals surface area contributed by atoms with E-state index in [1.54, 1.807) is 31.2 Å². The largest absolute Gasteiger partial charge is 0.481 e.